The molecule has 0 bridgehead atoms. The molecule has 1 unspecified atom stereocenters. The Morgan fingerprint density at radius 1 is 1.04 bits per heavy atom. The van der Waals surface area contributed by atoms with Gasteiger partial charge in [-0.2, -0.15) is 0 Å². The van der Waals surface area contributed by atoms with E-state index in [4.69, 9.17) is 0 Å². The Balaban J connectivity index is 1.74. The second-order valence-electron chi connectivity index (χ2n) is 5.05. The highest BCUT2D eigenvalue weighted by Gasteiger charge is 2.20. The Kier molecular flexibility index (Phi) is 4.38. The molecular formula is C16H16N4O2S. The largest absolute Gasteiger partial charge is 0.505 e. The molecule has 1 aliphatic rings. The maximum Gasteiger partial charge on any atom is 0.269 e. The highest BCUT2D eigenvalue weighted by Crippen LogP contribution is 2.26. The van der Waals surface area contributed by atoms with Crippen molar-refractivity contribution in [1.82, 2.24) is 5.32 Å². The van der Waals surface area contributed by atoms with Crippen LogP contribution in [0, 0.1) is 6.92 Å². The second kappa shape index (κ2) is 6.62. The van der Waals surface area contributed by atoms with E-state index in [1.54, 1.807) is 19.1 Å². The van der Waals surface area contributed by atoms with E-state index in [0.29, 0.717) is 23.9 Å². The van der Waals surface area contributed by atoms with Crippen LogP contribution in [0.5, 0.6) is 5.75 Å². The zero-order valence-corrected chi connectivity index (χ0v) is 13.3. The van der Waals surface area contributed by atoms with E-state index in [2.05, 4.69) is 19.4 Å². The number of hydrogen-bond acceptors (Lipinski definition) is 4. The van der Waals surface area contributed by atoms with Gasteiger partial charge >= 0.3 is 0 Å². The van der Waals surface area contributed by atoms with Crippen molar-refractivity contribution in [3.8, 4) is 5.75 Å². The number of hydrogen-bond donors (Lipinski definition) is 3. The fraction of sp³-hybridized carbons (Fsp3) is 0.125. The number of aryl methyl sites for hydroxylation is 1. The third-order valence-electron chi connectivity index (χ3n) is 3.36. The summed E-state index contributed by atoms with van der Waals surface area (Å²) in [6.07, 6.45) is 0. The molecule has 0 spiro atoms. The summed E-state index contributed by atoms with van der Waals surface area (Å²) in [7, 11) is 0. The van der Waals surface area contributed by atoms with E-state index in [-0.39, 0.29) is 5.75 Å². The number of nitrogens with zero attached hydrogens (tertiary/aromatic N) is 2. The van der Waals surface area contributed by atoms with Gasteiger partial charge in [0.25, 0.3) is 11.2 Å². The zero-order chi connectivity index (χ0) is 16.2. The highest BCUT2D eigenvalue weighted by molar-refractivity contribution is 7.83. The van der Waals surface area contributed by atoms with Gasteiger partial charge in [-0.15, -0.1) is 8.80 Å². The van der Waals surface area contributed by atoms with Crippen molar-refractivity contribution < 1.29 is 9.32 Å². The summed E-state index contributed by atoms with van der Waals surface area (Å²) in [6.45, 7) is 2.34. The number of phenolic OH excluding ortho intramolecular Hbond substituents is 1. The summed E-state index contributed by atoms with van der Waals surface area (Å²) < 4.78 is 19.5. The smallest absolute Gasteiger partial charge is 0.269 e. The molecule has 0 saturated carbocycles. The van der Waals surface area contributed by atoms with Gasteiger partial charge in [-0.05, 0) is 24.1 Å². The number of aromatic hydroxyl groups is 1. The second-order valence-corrected chi connectivity index (χ2v) is 5.87. The summed E-state index contributed by atoms with van der Waals surface area (Å²) >= 11 is -1.66. The van der Waals surface area contributed by atoms with Crippen LogP contribution in [-0.2, 0) is 17.7 Å². The first-order valence-corrected chi connectivity index (χ1v) is 8.13. The van der Waals surface area contributed by atoms with E-state index in [1.165, 1.54) is 0 Å². The summed E-state index contributed by atoms with van der Waals surface area (Å²) in [5, 5.41) is 16.2. The van der Waals surface area contributed by atoms with Crippen LogP contribution >= 0.6 is 0 Å². The zero-order valence-electron chi connectivity index (χ0n) is 12.5. The number of nitrogens with one attached hydrogen (secondary N) is 2. The molecule has 3 rings (SSSR count). The molecule has 1 atom stereocenters. The van der Waals surface area contributed by atoms with Crippen LogP contribution in [0.1, 0.15) is 11.1 Å². The standard InChI is InChI=1S/C16H16N4O2S/c1-11-6-5-9-13(14(11)21)18-16-15(19-23(22)20-16)17-10-12-7-3-2-4-8-12/h2-9,21H,10H2,1H3,(H,17,19)(H,18,20). The lowest BCUT2D eigenvalue weighted by Crippen LogP contribution is -2.33. The predicted molar refractivity (Wildman–Crippen MR) is 92.8 cm³/mol. The molecule has 0 amide bonds. The molecule has 118 valence electrons. The quantitative estimate of drug-likeness (QED) is 0.755. The Hall–Kier alpha value is -2.67. The molecular weight excluding hydrogens is 312 g/mol. The summed E-state index contributed by atoms with van der Waals surface area (Å²) in [5.41, 5.74) is 2.31. The Morgan fingerprint density at radius 3 is 2.57 bits per heavy atom. The molecule has 3 N–H and O–H groups in total. The predicted octanol–water partition coefficient (Wildman–Crippen LogP) is 2.29. The number of phenols is 1. The highest BCUT2D eigenvalue weighted by atomic mass is 32.2. The van der Waals surface area contributed by atoms with Crippen LogP contribution in [0.2, 0.25) is 0 Å². The lowest BCUT2D eigenvalue weighted by molar-refractivity contribution is 0.473. The number of anilines is 1. The summed E-state index contributed by atoms with van der Waals surface area (Å²) in [6, 6.07) is 15.1. The number of amidine groups is 2. The monoisotopic (exact) mass is 328 g/mol. The SMILES string of the molecule is Cc1cccc(NC2=NS(=O)N=C2NCc2ccccc2)c1O. The van der Waals surface area contributed by atoms with Gasteiger partial charge in [-0.25, -0.2) is 4.21 Å². The van der Waals surface area contributed by atoms with Crippen molar-refractivity contribution in [3.05, 3.63) is 59.7 Å². The molecule has 23 heavy (non-hydrogen) atoms. The Labute approximate surface area is 136 Å². The van der Waals surface area contributed by atoms with E-state index >= 15 is 0 Å². The van der Waals surface area contributed by atoms with Crippen LogP contribution in [-0.4, -0.2) is 21.0 Å². The van der Waals surface area contributed by atoms with Gasteiger partial charge in [0.2, 0.25) is 0 Å². The van der Waals surface area contributed by atoms with Crippen LogP contribution in [0.25, 0.3) is 0 Å². The maximum atomic E-state index is 11.6. The molecule has 2 aromatic rings. The van der Waals surface area contributed by atoms with Crippen molar-refractivity contribution >= 4 is 28.5 Å². The minimum Gasteiger partial charge on any atom is -0.505 e. The van der Waals surface area contributed by atoms with Crippen molar-refractivity contribution in [1.29, 1.82) is 0 Å². The molecule has 0 aromatic heterocycles. The number of rotatable bonds is 3. The van der Waals surface area contributed by atoms with Crippen molar-refractivity contribution in [2.24, 2.45) is 8.80 Å². The number of benzene rings is 2. The lowest BCUT2D eigenvalue weighted by Gasteiger charge is -2.12. The van der Waals surface area contributed by atoms with Gasteiger partial charge in [-0.1, -0.05) is 42.5 Å². The fourth-order valence-electron chi connectivity index (χ4n) is 2.13. The minimum atomic E-state index is -1.66. The molecule has 7 heteroatoms. The van der Waals surface area contributed by atoms with Gasteiger partial charge in [0.15, 0.2) is 11.7 Å². The summed E-state index contributed by atoms with van der Waals surface area (Å²) in [5.74, 6) is 0.892. The van der Waals surface area contributed by atoms with Crippen molar-refractivity contribution in [3.63, 3.8) is 0 Å². The van der Waals surface area contributed by atoms with Gasteiger partial charge < -0.3 is 15.7 Å². The molecule has 1 aliphatic heterocycles. The van der Waals surface area contributed by atoms with Crippen LogP contribution in [0.3, 0.4) is 0 Å². The van der Waals surface area contributed by atoms with Gasteiger partial charge in [-0.3, -0.25) is 0 Å². The maximum absolute atomic E-state index is 11.6. The van der Waals surface area contributed by atoms with Gasteiger partial charge in [0.05, 0.1) is 5.69 Å². The first-order chi connectivity index (χ1) is 11.1. The first kappa shape index (κ1) is 15.2. The minimum absolute atomic E-state index is 0.135. The third kappa shape index (κ3) is 3.57. The molecule has 0 aliphatic carbocycles. The van der Waals surface area contributed by atoms with Crippen LogP contribution in [0.15, 0.2) is 57.3 Å². The third-order valence-corrected chi connectivity index (χ3v) is 4.03. The average Bonchev–Trinajstić information content (AvgIpc) is 2.90. The van der Waals surface area contributed by atoms with Crippen molar-refractivity contribution in [2.75, 3.05) is 5.32 Å². The van der Waals surface area contributed by atoms with Crippen LogP contribution < -0.4 is 10.6 Å². The van der Waals surface area contributed by atoms with E-state index in [0.717, 1.165) is 11.1 Å². The molecule has 6 nitrogen and oxygen atoms in total. The topological polar surface area (TPSA) is 86.1 Å². The van der Waals surface area contributed by atoms with E-state index < -0.39 is 11.2 Å². The Bertz CT molecular complexity index is 803. The molecule has 2 aromatic carbocycles. The first-order valence-electron chi connectivity index (χ1n) is 7.06. The van der Waals surface area contributed by atoms with Crippen molar-refractivity contribution in [2.45, 2.75) is 13.5 Å². The van der Waals surface area contributed by atoms with E-state index in [1.807, 2.05) is 36.4 Å². The summed E-state index contributed by atoms with van der Waals surface area (Å²) in [4.78, 5) is 0. The molecule has 1 heterocycles. The lowest BCUT2D eigenvalue weighted by atomic mass is 10.2. The van der Waals surface area contributed by atoms with Crippen LogP contribution in [0.4, 0.5) is 5.69 Å². The molecule has 0 saturated heterocycles. The molecule has 0 radical (unpaired) electrons. The fourth-order valence-corrected chi connectivity index (χ4v) is 2.77. The van der Waals surface area contributed by atoms with Gasteiger partial charge in [0, 0.05) is 6.54 Å². The average molecular weight is 328 g/mol. The van der Waals surface area contributed by atoms with Gasteiger partial charge in [0.1, 0.15) is 5.75 Å². The van der Waals surface area contributed by atoms with E-state index in [9.17, 15) is 9.32 Å². The normalized spacial score (nSPS) is 16.7. The number of para-hydroxylation sites is 1. The molecule has 0 fully saturated rings. The Morgan fingerprint density at radius 2 is 1.78 bits per heavy atom.